The van der Waals surface area contributed by atoms with Crippen LogP contribution >= 0.6 is 24.8 Å². The molecule has 3 rings (SSSR count). The van der Waals surface area contributed by atoms with Gasteiger partial charge in [0.1, 0.15) is 0 Å². The van der Waals surface area contributed by atoms with Crippen molar-refractivity contribution in [2.24, 2.45) is 5.73 Å². The fraction of sp³-hybridized carbons (Fsp3) is 0.619. The van der Waals surface area contributed by atoms with Crippen molar-refractivity contribution in [3.05, 3.63) is 35.9 Å². The Bertz CT molecular complexity index is 618. The summed E-state index contributed by atoms with van der Waals surface area (Å²) in [6, 6.07) is 9.72. The third-order valence-corrected chi connectivity index (χ3v) is 5.64. The smallest absolute Gasteiger partial charge is 0.239 e. The Hall–Kier alpha value is -1.34. The van der Waals surface area contributed by atoms with E-state index in [1.54, 1.807) is 0 Å². The molecule has 0 radical (unpaired) electrons. The number of nitrogens with zero attached hydrogens (tertiary/aromatic N) is 2. The molecule has 29 heavy (non-hydrogen) atoms. The first-order chi connectivity index (χ1) is 13.1. The zero-order chi connectivity index (χ0) is 19.1. The highest BCUT2D eigenvalue weighted by atomic mass is 35.5. The lowest BCUT2D eigenvalue weighted by Gasteiger charge is -2.36. The molecule has 6 nitrogen and oxygen atoms in total. The Morgan fingerprint density at radius 1 is 1.00 bits per heavy atom. The Morgan fingerprint density at radius 2 is 1.62 bits per heavy atom. The first kappa shape index (κ1) is 25.7. The standard InChI is InChI=1S/C21H32N4O2.2ClH/c22-19(15-17-7-3-1-4-8-17)21(27)25-13-11-24(12-14-25)16-20(26)23-18-9-5-2-6-10-18;;/h1,3-4,7-8,18-19H,2,5-6,9-16,22H2,(H,23,26);2*1H. The van der Waals surface area contributed by atoms with Crippen LogP contribution in [-0.2, 0) is 16.0 Å². The number of halogens is 2. The van der Waals surface area contributed by atoms with Crippen molar-refractivity contribution in [3.63, 3.8) is 0 Å². The molecular weight excluding hydrogens is 411 g/mol. The van der Waals surface area contributed by atoms with Crippen LogP contribution in [-0.4, -0.2) is 66.4 Å². The molecule has 2 amide bonds. The monoisotopic (exact) mass is 444 g/mol. The van der Waals surface area contributed by atoms with Crippen LogP contribution in [0.3, 0.4) is 0 Å². The van der Waals surface area contributed by atoms with E-state index in [1.165, 1.54) is 19.3 Å². The SMILES string of the molecule is Cl.Cl.NC(Cc1ccccc1)C(=O)N1CCN(CC(=O)NC2CCCCC2)CC1. The van der Waals surface area contributed by atoms with Crippen molar-refractivity contribution in [1.29, 1.82) is 0 Å². The maximum Gasteiger partial charge on any atom is 0.239 e. The summed E-state index contributed by atoms with van der Waals surface area (Å²) in [5, 5.41) is 3.16. The Labute approximate surface area is 186 Å². The first-order valence-electron chi connectivity index (χ1n) is 10.2. The van der Waals surface area contributed by atoms with Crippen molar-refractivity contribution in [1.82, 2.24) is 15.1 Å². The summed E-state index contributed by atoms with van der Waals surface area (Å²) in [6.07, 6.45) is 6.49. The van der Waals surface area contributed by atoms with Gasteiger partial charge in [-0.2, -0.15) is 0 Å². The zero-order valence-corrected chi connectivity index (χ0v) is 18.6. The fourth-order valence-corrected chi connectivity index (χ4v) is 4.04. The second kappa shape index (κ2) is 13.1. The maximum absolute atomic E-state index is 12.6. The minimum absolute atomic E-state index is 0. The van der Waals surface area contributed by atoms with E-state index < -0.39 is 6.04 Å². The summed E-state index contributed by atoms with van der Waals surface area (Å²) in [4.78, 5) is 28.8. The molecule has 1 atom stereocenters. The lowest BCUT2D eigenvalue weighted by molar-refractivity contribution is -0.134. The molecular formula is C21H34Cl2N4O2. The van der Waals surface area contributed by atoms with Crippen LogP contribution in [0.2, 0.25) is 0 Å². The lowest BCUT2D eigenvalue weighted by atomic mass is 9.95. The number of hydrogen-bond acceptors (Lipinski definition) is 4. The molecule has 8 heteroatoms. The van der Waals surface area contributed by atoms with E-state index in [0.717, 1.165) is 31.5 Å². The summed E-state index contributed by atoms with van der Waals surface area (Å²) in [5.74, 6) is 0.118. The van der Waals surface area contributed by atoms with E-state index >= 15 is 0 Å². The van der Waals surface area contributed by atoms with Crippen molar-refractivity contribution in [3.8, 4) is 0 Å². The maximum atomic E-state index is 12.6. The Balaban J connectivity index is 0.00000210. The van der Waals surface area contributed by atoms with Crippen molar-refractivity contribution < 1.29 is 9.59 Å². The number of amides is 2. The van der Waals surface area contributed by atoms with Crippen molar-refractivity contribution in [2.75, 3.05) is 32.7 Å². The number of carbonyl (C=O) groups excluding carboxylic acids is 2. The van der Waals surface area contributed by atoms with Crippen LogP contribution in [0, 0.1) is 0 Å². The van der Waals surface area contributed by atoms with E-state index in [-0.39, 0.29) is 36.6 Å². The van der Waals surface area contributed by atoms with Crippen LogP contribution in [0.25, 0.3) is 0 Å². The number of piperazine rings is 1. The zero-order valence-electron chi connectivity index (χ0n) is 16.9. The summed E-state index contributed by atoms with van der Waals surface area (Å²) >= 11 is 0. The lowest BCUT2D eigenvalue weighted by Crippen LogP contribution is -2.55. The average molecular weight is 445 g/mol. The third-order valence-electron chi connectivity index (χ3n) is 5.64. The van der Waals surface area contributed by atoms with Crippen LogP contribution in [0.5, 0.6) is 0 Å². The number of carbonyl (C=O) groups is 2. The Morgan fingerprint density at radius 3 is 2.24 bits per heavy atom. The number of rotatable bonds is 6. The highest BCUT2D eigenvalue weighted by Gasteiger charge is 2.26. The molecule has 1 unspecified atom stereocenters. The summed E-state index contributed by atoms with van der Waals surface area (Å²) in [7, 11) is 0. The fourth-order valence-electron chi connectivity index (χ4n) is 4.04. The van der Waals surface area contributed by atoms with E-state index in [1.807, 2.05) is 35.2 Å². The van der Waals surface area contributed by atoms with E-state index in [0.29, 0.717) is 32.1 Å². The van der Waals surface area contributed by atoms with E-state index in [9.17, 15) is 9.59 Å². The second-order valence-electron chi connectivity index (χ2n) is 7.80. The molecule has 1 saturated carbocycles. The van der Waals surface area contributed by atoms with Crippen molar-refractivity contribution >= 4 is 36.6 Å². The van der Waals surface area contributed by atoms with E-state index in [2.05, 4.69) is 10.2 Å². The van der Waals surface area contributed by atoms with Gasteiger partial charge in [0.05, 0.1) is 12.6 Å². The van der Waals surface area contributed by atoms with Gasteiger partial charge in [-0.15, -0.1) is 24.8 Å². The number of nitrogens with one attached hydrogen (secondary N) is 1. The summed E-state index contributed by atoms with van der Waals surface area (Å²) in [5.41, 5.74) is 7.21. The quantitative estimate of drug-likeness (QED) is 0.702. The molecule has 1 aromatic carbocycles. The highest BCUT2D eigenvalue weighted by molar-refractivity contribution is 5.85. The average Bonchev–Trinajstić information content (AvgIpc) is 2.69. The number of hydrogen-bond donors (Lipinski definition) is 2. The predicted molar refractivity (Wildman–Crippen MR) is 121 cm³/mol. The third kappa shape index (κ3) is 8.13. The van der Waals surface area contributed by atoms with Crippen LogP contribution in [0.1, 0.15) is 37.7 Å². The largest absolute Gasteiger partial charge is 0.352 e. The summed E-state index contributed by atoms with van der Waals surface area (Å²) in [6.45, 7) is 3.15. The van der Waals surface area contributed by atoms with E-state index in [4.69, 9.17) is 5.73 Å². The van der Waals surface area contributed by atoms with Gasteiger partial charge in [-0.25, -0.2) is 0 Å². The molecule has 1 saturated heterocycles. The number of benzene rings is 1. The molecule has 0 bridgehead atoms. The van der Waals surface area contributed by atoms with Gasteiger partial charge in [-0.3, -0.25) is 14.5 Å². The molecule has 2 aliphatic rings. The van der Waals surface area contributed by atoms with Gasteiger partial charge in [0, 0.05) is 32.2 Å². The van der Waals surface area contributed by atoms with Crippen LogP contribution in [0.15, 0.2) is 30.3 Å². The topological polar surface area (TPSA) is 78.7 Å². The van der Waals surface area contributed by atoms with Gasteiger partial charge in [-0.05, 0) is 24.8 Å². The molecule has 1 aliphatic heterocycles. The van der Waals surface area contributed by atoms with Gasteiger partial charge in [0.15, 0.2) is 0 Å². The van der Waals surface area contributed by atoms with Gasteiger partial charge < -0.3 is 16.0 Å². The normalized spacial score (nSPS) is 18.9. The van der Waals surface area contributed by atoms with Gasteiger partial charge in [-0.1, -0.05) is 49.6 Å². The van der Waals surface area contributed by atoms with Crippen LogP contribution in [0.4, 0.5) is 0 Å². The van der Waals surface area contributed by atoms with Gasteiger partial charge in [0.25, 0.3) is 0 Å². The second-order valence-corrected chi connectivity index (χ2v) is 7.80. The van der Waals surface area contributed by atoms with Gasteiger partial charge >= 0.3 is 0 Å². The Kier molecular flexibility index (Phi) is 11.6. The first-order valence-corrected chi connectivity index (χ1v) is 10.2. The van der Waals surface area contributed by atoms with Crippen molar-refractivity contribution in [2.45, 2.75) is 50.6 Å². The molecule has 1 heterocycles. The molecule has 3 N–H and O–H groups in total. The minimum Gasteiger partial charge on any atom is -0.352 e. The molecule has 1 aromatic rings. The molecule has 2 fully saturated rings. The summed E-state index contributed by atoms with van der Waals surface area (Å²) < 4.78 is 0. The molecule has 164 valence electrons. The van der Waals surface area contributed by atoms with Crippen LogP contribution < -0.4 is 11.1 Å². The minimum atomic E-state index is -0.506. The molecule has 0 spiro atoms. The number of nitrogens with two attached hydrogens (primary N) is 1. The predicted octanol–water partition coefficient (Wildman–Crippen LogP) is 1.99. The molecule has 0 aromatic heterocycles. The highest BCUT2D eigenvalue weighted by Crippen LogP contribution is 2.17. The van der Waals surface area contributed by atoms with Gasteiger partial charge in [0.2, 0.25) is 11.8 Å². The molecule has 1 aliphatic carbocycles.